The largest absolute Gasteiger partial charge is 0.483 e. The molecular formula is C13H14ClN7O2. The zero-order chi connectivity index (χ0) is 16.6. The predicted molar refractivity (Wildman–Crippen MR) is 83.1 cm³/mol. The molecule has 2 heterocycles. The van der Waals surface area contributed by atoms with Gasteiger partial charge in [0.25, 0.3) is 0 Å². The molecule has 0 aliphatic carbocycles. The van der Waals surface area contributed by atoms with Crippen molar-refractivity contribution in [2.75, 3.05) is 5.84 Å². The second-order valence-electron chi connectivity index (χ2n) is 4.90. The minimum atomic E-state index is -0.404. The third-order valence-electron chi connectivity index (χ3n) is 3.23. The standard InChI is InChI=1S/C13H14ClN7O2/c1-8-6-9(16-21(8)15)7-23-12-10(14)4-3-5-11(12)20-13(22)19(2)17-18-20/h3-6H,7,15H2,1-2H3. The molecule has 0 spiro atoms. The van der Waals surface area contributed by atoms with Crippen LogP contribution in [0.1, 0.15) is 11.4 Å². The maximum absolute atomic E-state index is 12.0. The molecule has 23 heavy (non-hydrogen) atoms. The molecule has 0 unspecified atom stereocenters. The van der Waals surface area contributed by atoms with E-state index in [-0.39, 0.29) is 6.61 Å². The van der Waals surface area contributed by atoms with Gasteiger partial charge in [-0.15, -0.1) is 0 Å². The molecule has 10 heteroatoms. The maximum atomic E-state index is 12.0. The smallest absolute Gasteiger partial charge is 0.368 e. The first-order chi connectivity index (χ1) is 11.0. The van der Waals surface area contributed by atoms with Gasteiger partial charge in [0.05, 0.1) is 10.7 Å². The summed E-state index contributed by atoms with van der Waals surface area (Å²) in [4.78, 5) is 13.3. The first kappa shape index (κ1) is 15.1. The summed E-state index contributed by atoms with van der Waals surface area (Å²) in [6, 6.07) is 6.83. The van der Waals surface area contributed by atoms with Crippen LogP contribution in [-0.2, 0) is 13.7 Å². The fourth-order valence-electron chi connectivity index (χ4n) is 2.04. The number of tetrazole rings is 1. The molecule has 0 amide bonds. The van der Waals surface area contributed by atoms with Crippen molar-refractivity contribution in [1.29, 1.82) is 0 Å². The second-order valence-corrected chi connectivity index (χ2v) is 5.30. The topological polar surface area (TPSA) is 106 Å². The summed E-state index contributed by atoms with van der Waals surface area (Å²) in [5.41, 5.74) is 1.44. The van der Waals surface area contributed by atoms with Gasteiger partial charge in [-0.2, -0.15) is 19.3 Å². The Bertz CT molecular complexity index is 892. The van der Waals surface area contributed by atoms with Crippen molar-refractivity contribution in [2.45, 2.75) is 13.5 Å². The number of nitrogens with zero attached hydrogens (tertiary/aromatic N) is 6. The van der Waals surface area contributed by atoms with Crippen molar-refractivity contribution in [2.24, 2.45) is 7.05 Å². The van der Waals surface area contributed by atoms with Gasteiger partial charge in [0, 0.05) is 7.05 Å². The van der Waals surface area contributed by atoms with Crippen LogP contribution < -0.4 is 16.3 Å². The number of rotatable bonds is 4. The lowest BCUT2D eigenvalue weighted by atomic mass is 10.3. The van der Waals surface area contributed by atoms with Crippen LogP contribution in [0.5, 0.6) is 5.75 Å². The molecule has 2 aromatic heterocycles. The van der Waals surface area contributed by atoms with Crippen molar-refractivity contribution in [3.8, 4) is 11.4 Å². The Hall–Kier alpha value is -2.81. The number of aryl methyl sites for hydroxylation is 2. The van der Waals surface area contributed by atoms with Gasteiger partial charge < -0.3 is 10.6 Å². The van der Waals surface area contributed by atoms with Gasteiger partial charge in [-0.25, -0.2) is 4.79 Å². The third-order valence-corrected chi connectivity index (χ3v) is 3.53. The highest BCUT2D eigenvalue weighted by Gasteiger charge is 2.15. The number of ether oxygens (including phenoxy) is 1. The molecule has 0 saturated carbocycles. The number of nitrogen functional groups attached to an aromatic ring is 1. The number of hydrogen-bond donors (Lipinski definition) is 1. The maximum Gasteiger partial charge on any atom is 0.368 e. The molecule has 0 bridgehead atoms. The van der Waals surface area contributed by atoms with Gasteiger partial charge >= 0.3 is 5.69 Å². The van der Waals surface area contributed by atoms with E-state index in [9.17, 15) is 4.79 Å². The van der Waals surface area contributed by atoms with E-state index >= 15 is 0 Å². The lowest BCUT2D eigenvalue weighted by molar-refractivity contribution is 0.298. The van der Waals surface area contributed by atoms with Crippen LogP contribution in [0, 0.1) is 6.92 Å². The number of para-hydroxylation sites is 1. The normalized spacial score (nSPS) is 10.9. The summed E-state index contributed by atoms with van der Waals surface area (Å²) in [6.45, 7) is 1.98. The minimum Gasteiger partial charge on any atom is -0.483 e. The molecule has 120 valence electrons. The Morgan fingerprint density at radius 1 is 1.35 bits per heavy atom. The summed E-state index contributed by atoms with van der Waals surface area (Å²) in [5.74, 6) is 5.96. The second kappa shape index (κ2) is 5.76. The summed E-state index contributed by atoms with van der Waals surface area (Å²) in [5, 5.41) is 11.9. The number of nitrogens with two attached hydrogens (primary N) is 1. The molecule has 9 nitrogen and oxygen atoms in total. The van der Waals surface area contributed by atoms with Gasteiger partial charge in [0.2, 0.25) is 0 Å². The highest BCUT2D eigenvalue weighted by Crippen LogP contribution is 2.31. The first-order valence-corrected chi connectivity index (χ1v) is 7.06. The molecule has 0 aliphatic rings. The molecule has 0 aliphatic heterocycles. The van der Waals surface area contributed by atoms with E-state index in [0.29, 0.717) is 22.2 Å². The van der Waals surface area contributed by atoms with Crippen LogP contribution in [0.15, 0.2) is 29.1 Å². The fraction of sp³-hybridized carbons (Fsp3) is 0.231. The van der Waals surface area contributed by atoms with E-state index in [2.05, 4.69) is 15.5 Å². The lowest BCUT2D eigenvalue weighted by Crippen LogP contribution is -2.22. The summed E-state index contributed by atoms with van der Waals surface area (Å²) < 4.78 is 7.98. The Morgan fingerprint density at radius 3 is 2.74 bits per heavy atom. The van der Waals surface area contributed by atoms with Crippen LogP contribution in [-0.4, -0.2) is 29.7 Å². The van der Waals surface area contributed by atoms with E-state index in [4.69, 9.17) is 22.2 Å². The SMILES string of the molecule is Cc1cc(COc2c(Cl)cccc2-n2nnn(C)c2=O)nn1N. The van der Waals surface area contributed by atoms with E-state index in [1.54, 1.807) is 24.3 Å². The molecule has 0 fully saturated rings. The minimum absolute atomic E-state index is 0.150. The van der Waals surface area contributed by atoms with Gasteiger partial charge in [-0.05, 0) is 35.5 Å². The highest BCUT2D eigenvalue weighted by molar-refractivity contribution is 6.32. The number of hydrogen-bond acceptors (Lipinski definition) is 6. The van der Waals surface area contributed by atoms with Crippen molar-refractivity contribution in [1.82, 2.24) is 29.7 Å². The van der Waals surface area contributed by atoms with Crippen LogP contribution in [0.2, 0.25) is 5.02 Å². The average Bonchev–Trinajstić information content (AvgIpc) is 3.01. The Labute approximate surface area is 135 Å². The monoisotopic (exact) mass is 335 g/mol. The quantitative estimate of drug-likeness (QED) is 0.692. The molecule has 0 radical (unpaired) electrons. The molecule has 2 N–H and O–H groups in total. The van der Waals surface area contributed by atoms with Gasteiger partial charge in [0.1, 0.15) is 18.0 Å². The summed E-state index contributed by atoms with van der Waals surface area (Å²) in [6.07, 6.45) is 0. The fourth-order valence-corrected chi connectivity index (χ4v) is 2.27. The molecule has 1 aromatic carbocycles. The number of halogens is 1. The Morgan fingerprint density at radius 2 is 2.13 bits per heavy atom. The van der Waals surface area contributed by atoms with Crippen LogP contribution in [0.3, 0.4) is 0 Å². The van der Waals surface area contributed by atoms with Crippen molar-refractivity contribution in [3.63, 3.8) is 0 Å². The van der Waals surface area contributed by atoms with Gasteiger partial charge in [-0.1, -0.05) is 17.7 Å². The van der Waals surface area contributed by atoms with Crippen LogP contribution >= 0.6 is 11.6 Å². The first-order valence-electron chi connectivity index (χ1n) is 6.68. The van der Waals surface area contributed by atoms with Crippen molar-refractivity contribution >= 4 is 11.6 Å². The zero-order valence-electron chi connectivity index (χ0n) is 12.5. The van der Waals surface area contributed by atoms with Gasteiger partial charge in [-0.3, -0.25) is 0 Å². The van der Waals surface area contributed by atoms with Crippen LogP contribution in [0.4, 0.5) is 0 Å². The third kappa shape index (κ3) is 2.78. The predicted octanol–water partition coefficient (Wildman–Crippen LogP) is 0.417. The highest BCUT2D eigenvalue weighted by atomic mass is 35.5. The van der Waals surface area contributed by atoms with Gasteiger partial charge in [0.15, 0.2) is 5.75 Å². The lowest BCUT2D eigenvalue weighted by Gasteiger charge is -2.11. The molecular weight excluding hydrogens is 322 g/mol. The van der Waals surface area contributed by atoms with Crippen molar-refractivity contribution in [3.05, 3.63) is 51.2 Å². The molecule has 3 aromatic rings. The summed E-state index contributed by atoms with van der Waals surface area (Å²) >= 11 is 6.20. The molecule has 0 saturated heterocycles. The molecule has 0 atom stereocenters. The summed E-state index contributed by atoms with van der Waals surface area (Å²) in [7, 11) is 1.51. The number of aromatic nitrogens is 6. The van der Waals surface area contributed by atoms with E-state index in [1.165, 1.54) is 11.8 Å². The molecule has 3 rings (SSSR count). The number of benzene rings is 1. The Kier molecular flexibility index (Phi) is 3.78. The van der Waals surface area contributed by atoms with Crippen LogP contribution in [0.25, 0.3) is 5.69 Å². The zero-order valence-corrected chi connectivity index (χ0v) is 13.2. The van der Waals surface area contributed by atoms with E-state index in [1.807, 2.05) is 6.92 Å². The van der Waals surface area contributed by atoms with E-state index < -0.39 is 5.69 Å². The van der Waals surface area contributed by atoms with E-state index in [0.717, 1.165) is 15.1 Å². The Balaban J connectivity index is 1.95. The average molecular weight is 336 g/mol. The van der Waals surface area contributed by atoms with Crippen molar-refractivity contribution < 1.29 is 4.74 Å².